The Morgan fingerprint density at radius 2 is 1.86 bits per heavy atom. The van der Waals surface area contributed by atoms with Crippen molar-refractivity contribution in [3.8, 4) is 0 Å². The van der Waals surface area contributed by atoms with E-state index in [0.717, 1.165) is 25.7 Å². The molecule has 1 fully saturated rings. The first-order chi connectivity index (χ1) is 13.7. The molecular formula is C20H29ClN2O5S. The van der Waals surface area contributed by atoms with Crippen LogP contribution in [0.15, 0.2) is 23.1 Å². The number of hydrogen-bond donors (Lipinski definition) is 1. The summed E-state index contributed by atoms with van der Waals surface area (Å²) < 4.78 is 31.7. The number of amides is 1. The predicted octanol–water partition coefficient (Wildman–Crippen LogP) is 3.22. The van der Waals surface area contributed by atoms with Gasteiger partial charge in [-0.1, -0.05) is 45.2 Å². The molecule has 1 aromatic rings. The molecule has 7 nitrogen and oxygen atoms in total. The minimum Gasteiger partial charge on any atom is -0.452 e. The van der Waals surface area contributed by atoms with E-state index in [9.17, 15) is 18.0 Å². The van der Waals surface area contributed by atoms with E-state index in [1.54, 1.807) is 13.8 Å². The van der Waals surface area contributed by atoms with Crippen LogP contribution in [0, 0.1) is 5.92 Å². The maximum absolute atomic E-state index is 12.7. The summed E-state index contributed by atoms with van der Waals surface area (Å²) in [6, 6.07) is 3.97. The van der Waals surface area contributed by atoms with Gasteiger partial charge in [0.05, 0.1) is 15.5 Å². The van der Waals surface area contributed by atoms with Gasteiger partial charge in [0, 0.05) is 19.1 Å². The van der Waals surface area contributed by atoms with Crippen molar-refractivity contribution in [2.75, 3.05) is 19.7 Å². The Balaban J connectivity index is 2.06. The van der Waals surface area contributed by atoms with E-state index in [1.165, 1.54) is 22.5 Å². The van der Waals surface area contributed by atoms with Gasteiger partial charge in [-0.3, -0.25) is 4.79 Å². The van der Waals surface area contributed by atoms with Crippen LogP contribution in [-0.2, 0) is 19.6 Å². The van der Waals surface area contributed by atoms with Gasteiger partial charge in [-0.25, -0.2) is 13.2 Å². The van der Waals surface area contributed by atoms with Crippen LogP contribution in [0.2, 0.25) is 5.02 Å². The lowest BCUT2D eigenvalue weighted by atomic mass is 9.86. The number of halogens is 1. The molecule has 0 spiro atoms. The molecule has 9 heteroatoms. The van der Waals surface area contributed by atoms with E-state index >= 15 is 0 Å². The van der Waals surface area contributed by atoms with Crippen LogP contribution >= 0.6 is 11.6 Å². The summed E-state index contributed by atoms with van der Waals surface area (Å²) in [6.45, 7) is 5.74. The van der Waals surface area contributed by atoms with Crippen molar-refractivity contribution in [3.05, 3.63) is 28.8 Å². The summed E-state index contributed by atoms with van der Waals surface area (Å²) in [5.41, 5.74) is -0.0845. The zero-order chi connectivity index (χ0) is 21.6. The third kappa shape index (κ3) is 5.93. The Kier molecular flexibility index (Phi) is 8.48. The van der Waals surface area contributed by atoms with Crippen molar-refractivity contribution in [1.29, 1.82) is 0 Å². The lowest BCUT2D eigenvalue weighted by Crippen LogP contribution is -2.42. The van der Waals surface area contributed by atoms with E-state index in [-0.39, 0.29) is 27.4 Å². The summed E-state index contributed by atoms with van der Waals surface area (Å²) in [6.07, 6.45) is 4.21. The quantitative estimate of drug-likeness (QED) is 0.621. The van der Waals surface area contributed by atoms with Crippen molar-refractivity contribution in [3.63, 3.8) is 0 Å². The molecule has 0 aliphatic heterocycles. The van der Waals surface area contributed by atoms with Gasteiger partial charge in [0.2, 0.25) is 10.0 Å². The first-order valence-corrected chi connectivity index (χ1v) is 11.8. The molecule has 0 heterocycles. The monoisotopic (exact) mass is 444 g/mol. The highest BCUT2D eigenvalue weighted by Gasteiger charge is 2.26. The molecule has 162 valence electrons. The first-order valence-electron chi connectivity index (χ1n) is 9.96. The van der Waals surface area contributed by atoms with Crippen molar-refractivity contribution in [1.82, 2.24) is 9.62 Å². The number of esters is 1. The summed E-state index contributed by atoms with van der Waals surface area (Å²) in [5, 5.41) is 2.97. The zero-order valence-electron chi connectivity index (χ0n) is 17.1. The molecule has 1 aromatic carbocycles. The summed E-state index contributed by atoms with van der Waals surface area (Å²) in [7, 11) is -3.74. The highest BCUT2D eigenvalue weighted by atomic mass is 35.5. The smallest absolute Gasteiger partial charge is 0.340 e. The number of carbonyl (C=O) groups is 2. The molecule has 29 heavy (non-hydrogen) atoms. The van der Waals surface area contributed by atoms with Gasteiger partial charge in [0.1, 0.15) is 0 Å². The number of benzene rings is 1. The average molecular weight is 445 g/mol. The number of rotatable bonds is 8. The lowest BCUT2D eigenvalue weighted by Gasteiger charge is -2.29. The molecule has 0 bridgehead atoms. The number of hydrogen-bond acceptors (Lipinski definition) is 5. The van der Waals surface area contributed by atoms with E-state index in [0.29, 0.717) is 19.0 Å². The number of ether oxygens (including phenoxy) is 1. The van der Waals surface area contributed by atoms with Gasteiger partial charge in [-0.2, -0.15) is 4.31 Å². The molecule has 0 saturated heterocycles. The van der Waals surface area contributed by atoms with Crippen LogP contribution in [0.4, 0.5) is 0 Å². The van der Waals surface area contributed by atoms with Crippen molar-refractivity contribution >= 4 is 33.5 Å². The van der Waals surface area contributed by atoms with Crippen molar-refractivity contribution in [2.45, 2.75) is 57.4 Å². The number of nitrogens with zero attached hydrogens (tertiary/aromatic N) is 1. The largest absolute Gasteiger partial charge is 0.452 e. The third-order valence-corrected chi connectivity index (χ3v) is 7.67. The van der Waals surface area contributed by atoms with Crippen LogP contribution in [0.1, 0.15) is 56.8 Å². The second-order valence-electron chi connectivity index (χ2n) is 7.24. The van der Waals surface area contributed by atoms with Crippen LogP contribution in [0.25, 0.3) is 0 Å². The lowest BCUT2D eigenvalue weighted by molar-refractivity contribution is -0.125. The Labute approximate surface area is 177 Å². The number of sulfonamides is 1. The molecule has 1 aliphatic carbocycles. The fourth-order valence-electron chi connectivity index (χ4n) is 3.52. The fourth-order valence-corrected chi connectivity index (χ4v) is 5.20. The Bertz CT molecular complexity index is 839. The van der Waals surface area contributed by atoms with Gasteiger partial charge in [0.25, 0.3) is 5.91 Å². The van der Waals surface area contributed by atoms with Crippen molar-refractivity contribution < 1.29 is 22.7 Å². The third-order valence-electron chi connectivity index (χ3n) is 5.29. The minimum atomic E-state index is -3.74. The minimum absolute atomic E-state index is 0.0435. The Morgan fingerprint density at radius 3 is 2.48 bits per heavy atom. The molecule has 0 unspecified atom stereocenters. The first kappa shape index (κ1) is 23.6. The van der Waals surface area contributed by atoms with E-state index in [4.69, 9.17) is 16.3 Å². The molecule has 1 saturated carbocycles. The van der Waals surface area contributed by atoms with Crippen molar-refractivity contribution in [2.24, 2.45) is 5.92 Å². The Hall–Kier alpha value is -1.64. The highest BCUT2D eigenvalue weighted by Crippen LogP contribution is 2.25. The SMILES string of the molecule is CCN(CC)S(=O)(=O)c1ccc(Cl)c(C(=O)OCC(=O)N[C@H]2CCCC[C@@H]2C)c1. The van der Waals surface area contributed by atoms with Gasteiger partial charge in [-0.15, -0.1) is 0 Å². The zero-order valence-corrected chi connectivity index (χ0v) is 18.7. The molecule has 0 aromatic heterocycles. The van der Waals surface area contributed by atoms with Crippen LogP contribution in [0.5, 0.6) is 0 Å². The molecular weight excluding hydrogens is 416 g/mol. The fraction of sp³-hybridized carbons (Fsp3) is 0.600. The molecule has 1 aliphatic rings. The normalized spacial score (nSPS) is 19.8. The molecule has 2 rings (SSSR count). The predicted molar refractivity (Wildman–Crippen MR) is 111 cm³/mol. The maximum Gasteiger partial charge on any atom is 0.340 e. The van der Waals surface area contributed by atoms with Crippen LogP contribution < -0.4 is 5.32 Å². The molecule has 1 amide bonds. The second kappa shape index (κ2) is 10.4. The van der Waals surface area contributed by atoms with Gasteiger partial charge in [-0.05, 0) is 37.0 Å². The average Bonchev–Trinajstić information content (AvgIpc) is 2.69. The van der Waals surface area contributed by atoms with E-state index < -0.39 is 22.6 Å². The molecule has 1 N–H and O–H groups in total. The highest BCUT2D eigenvalue weighted by molar-refractivity contribution is 7.89. The van der Waals surface area contributed by atoms with Crippen LogP contribution in [-0.4, -0.2) is 50.3 Å². The topological polar surface area (TPSA) is 92.8 Å². The summed E-state index contributed by atoms with van der Waals surface area (Å²) >= 11 is 6.07. The van der Waals surface area contributed by atoms with Gasteiger partial charge >= 0.3 is 5.97 Å². The number of carbonyl (C=O) groups excluding carboxylic acids is 2. The van der Waals surface area contributed by atoms with Gasteiger partial charge in [0.15, 0.2) is 6.61 Å². The maximum atomic E-state index is 12.7. The summed E-state index contributed by atoms with van der Waals surface area (Å²) in [4.78, 5) is 24.5. The van der Waals surface area contributed by atoms with E-state index in [1.807, 2.05) is 0 Å². The van der Waals surface area contributed by atoms with E-state index in [2.05, 4.69) is 12.2 Å². The summed E-state index contributed by atoms with van der Waals surface area (Å²) in [5.74, 6) is -0.821. The van der Waals surface area contributed by atoms with Gasteiger partial charge < -0.3 is 10.1 Å². The molecule has 2 atom stereocenters. The number of nitrogens with one attached hydrogen (secondary N) is 1. The molecule has 0 radical (unpaired) electrons. The van der Waals surface area contributed by atoms with Crippen LogP contribution in [0.3, 0.4) is 0 Å². The second-order valence-corrected chi connectivity index (χ2v) is 9.59. The standard InChI is InChI=1S/C20H29ClN2O5S/c1-4-23(5-2)29(26,27)15-10-11-17(21)16(12-15)20(25)28-13-19(24)22-18-9-7-6-8-14(18)3/h10-12,14,18H,4-9,13H2,1-3H3,(H,22,24)/t14-,18-/m0/s1. The Morgan fingerprint density at radius 1 is 1.21 bits per heavy atom.